The highest BCUT2D eigenvalue weighted by Gasteiger charge is 2.08. The average molecular weight is 364 g/mol. The second-order valence-corrected chi connectivity index (χ2v) is 7.57. The van der Waals surface area contributed by atoms with Crippen LogP contribution in [0.1, 0.15) is 21.8 Å². The second kappa shape index (κ2) is 7.47. The molecule has 23 heavy (non-hydrogen) atoms. The molecule has 1 aromatic heterocycles. The van der Waals surface area contributed by atoms with Gasteiger partial charge in [0.2, 0.25) is 0 Å². The Hall–Kier alpha value is -1.36. The van der Waals surface area contributed by atoms with E-state index in [-0.39, 0.29) is 5.82 Å². The van der Waals surface area contributed by atoms with E-state index in [4.69, 9.17) is 11.6 Å². The largest absolute Gasteiger partial charge is 0.245 e. The van der Waals surface area contributed by atoms with E-state index in [2.05, 4.69) is 35.5 Å². The van der Waals surface area contributed by atoms with Gasteiger partial charge in [0.15, 0.2) is 0 Å². The normalized spacial score (nSPS) is 10.9. The monoisotopic (exact) mass is 363 g/mol. The van der Waals surface area contributed by atoms with Gasteiger partial charge in [-0.15, -0.1) is 23.1 Å². The maximum absolute atomic E-state index is 13.1. The second-order valence-electron chi connectivity index (χ2n) is 5.20. The highest BCUT2D eigenvalue weighted by Crippen LogP contribution is 2.27. The van der Waals surface area contributed by atoms with Crippen LogP contribution in [0.25, 0.3) is 0 Å². The van der Waals surface area contributed by atoms with E-state index in [1.165, 1.54) is 22.6 Å². The number of thioether (sulfide) groups is 1. The van der Waals surface area contributed by atoms with Gasteiger partial charge in [-0.25, -0.2) is 9.37 Å². The number of hydrogen-bond donors (Lipinski definition) is 0. The third-order valence-corrected chi connectivity index (χ3v) is 5.88. The van der Waals surface area contributed by atoms with Crippen LogP contribution in [0.3, 0.4) is 0 Å². The Bertz CT molecular complexity index is 816. The fourth-order valence-electron chi connectivity index (χ4n) is 2.19. The number of benzene rings is 2. The van der Waals surface area contributed by atoms with Gasteiger partial charge >= 0.3 is 0 Å². The van der Waals surface area contributed by atoms with Crippen molar-refractivity contribution in [3.05, 3.63) is 80.5 Å². The van der Waals surface area contributed by atoms with E-state index in [1.807, 2.05) is 6.07 Å². The molecule has 0 aliphatic heterocycles. The molecule has 0 saturated heterocycles. The zero-order chi connectivity index (χ0) is 16.2. The smallest absolute Gasteiger partial charge is 0.124 e. The summed E-state index contributed by atoms with van der Waals surface area (Å²) in [6.07, 6.45) is 0.638. The van der Waals surface area contributed by atoms with Gasteiger partial charge in [-0.3, -0.25) is 0 Å². The number of nitrogens with zero attached hydrogens (tertiary/aromatic N) is 1. The highest BCUT2D eigenvalue weighted by atomic mass is 35.5. The average Bonchev–Trinajstić information content (AvgIpc) is 2.97. The van der Waals surface area contributed by atoms with Crippen molar-refractivity contribution in [1.82, 2.24) is 4.98 Å². The van der Waals surface area contributed by atoms with Gasteiger partial charge < -0.3 is 0 Å². The Kier molecular flexibility index (Phi) is 5.36. The molecule has 2 aromatic carbocycles. The molecule has 0 saturated carbocycles. The summed E-state index contributed by atoms with van der Waals surface area (Å²) in [5, 5.41) is 3.54. The molecule has 0 radical (unpaired) electrons. The summed E-state index contributed by atoms with van der Waals surface area (Å²) >= 11 is 9.49. The predicted octanol–water partition coefficient (Wildman–Crippen LogP) is 6.13. The van der Waals surface area contributed by atoms with Crippen molar-refractivity contribution < 1.29 is 4.39 Å². The predicted molar refractivity (Wildman–Crippen MR) is 97.1 cm³/mol. The number of halogens is 2. The van der Waals surface area contributed by atoms with Crippen molar-refractivity contribution in [2.45, 2.75) is 24.0 Å². The lowest BCUT2D eigenvalue weighted by Gasteiger charge is -2.03. The van der Waals surface area contributed by atoms with E-state index in [0.29, 0.717) is 11.4 Å². The molecular weight excluding hydrogens is 349 g/mol. The van der Waals surface area contributed by atoms with Crippen molar-refractivity contribution >= 4 is 34.7 Å². The first-order chi connectivity index (χ1) is 11.1. The first-order valence-electron chi connectivity index (χ1n) is 7.17. The Morgan fingerprint density at radius 3 is 2.83 bits per heavy atom. The molecular formula is C18H15ClFNS2. The van der Waals surface area contributed by atoms with Crippen LogP contribution >= 0.6 is 34.7 Å². The minimum Gasteiger partial charge on any atom is -0.245 e. The van der Waals surface area contributed by atoms with Gasteiger partial charge in [-0.05, 0) is 36.2 Å². The summed E-state index contributed by atoms with van der Waals surface area (Å²) in [5.74, 6) is 0.534. The topological polar surface area (TPSA) is 12.9 Å². The molecule has 1 nitrogen and oxygen atoms in total. The van der Waals surface area contributed by atoms with Crippen LogP contribution in [0.4, 0.5) is 4.39 Å². The lowest BCUT2D eigenvalue weighted by atomic mass is 10.1. The number of aromatic nitrogens is 1. The Morgan fingerprint density at radius 1 is 1.22 bits per heavy atom. The number of rotatable bonds is 5. The molecule has 0 amide bonds. The van der Waals surface area contributed by atoms with Crippen molar-refractivity contribution in [1.29, 1.82) is 0 Å². The molecule has 0 N–H and O–H groups in total. The highest BCUT2D eigenvalue weighted by molar-refractivity contribution is 7.98. The first kappa shape index (κ1) is 16.5. The van der Waals surface area contributed by atoms with Crippen LogP contribution < -0.4 is 0 Å². The third kappa shape index (κ3) is 4.34. The lowest BCUT2D eigenvalue weighted by Crippen LogP contribution is -1.91. The zero-order valence-corrected chi connectivity index (χ0v) is 14.9. The molecule has 0 unspecified atom stereocenters. The first-order valence-corrected chi connectivity index (χ1v) is 9.42. The summed E-state index contributed by atoms with van der Waals surface area (Å²) in [4.78, 5) is 5.94. The molecule has 1 heterocycles. The maximum Gasteiger partial charge on any atom is 0.124 e. The fraction of sp³-hybridized carbons (Fsp3) is 0.167. The van der Waals surface area contributed by atoms with Gasteiger partial charge in [-0.2, -0.15) is 0 Å². The maximum atomic E-state index is 13.1. The van der Waals surface area contributed by atoms with Crippen LogP contribution in [0.2, 0.25) is 5.02 Å². The van der Waals surface area contributed by atoms with Gasteiger partial charge in [-0.1, -0.05) is 35.9 Å². The molecule has 5 heteroatoms. The molecule has 0 aliphatic carbocycles. The number of thiazole rings is 1. The Morgan fingerprint density at radius 2 is 2.04 bits per heavy atom. The summed E-state index contributed by atoms with van der Waals surface area (Å²) in [6, 6.07) is 12.9. The van der Waals surface area contributed by atoms with Crippen molar-refractivity contribution in [2.24, 2.45) is 0 Å². The minimum absolute atomic E-state index is 0.312. The quantitative estimate of drug-likeness (QED) is 0.506. The van der Waals surface area contributed by atoms with E-state index in [0.717, 1.165) is 22.0 Å². The Balaban J connectivity index is 1.65. The zero-order valence-electron chi connectivity index (χ0n) is 12.6. The van der Waals surface area contributed by atoms with Crippen LogP contribution in [0, 0.1) is 12.7 Å². The third-order valence-electron chi connectivity index (χ3n) is 3.43. The minimum atomic E-state index is -0.312. The van der Waals surface area contributed by atoms with Crippen LogP contribution in [0.5, 0.6) is 0 Å². The standard InChI is InChI=1S/C18H15ClFNS2/c1-12-4-2-3-5-17(12)22-10-15-11-23-18(21-15)8-13-6-7-14(20)9-16(13)19/h2-7,9,11H,8,10H2,1H3. The van der Waals surface area contributed by atoms with E-state index in [9.17, 15) is 4.39 Å². The molecule has 0 aliphatic rings. The summed E-state index contributed by atoms with van der Waals surface area (Å²) in [7, 11) is 0. The van der Waals surface area contributed by atoms with Crippen molar-refractivity contribution in [3.63, 3.8) is 0 Å². The van der Waals surface area contributed by atoms with Gasteiger partial charge in [0.05, 0.1) is 10.7 Å². The van der Waals surface area contributed by atoms with Crippen LogP contribution in [0.15, 0.2) is 52.7 Å². The van der Waals surface area contributed by atoms with Gasteiger partial charge in [0, 0.05) is 27.5 Å². The van der Waals surface area contributed by atoms with E-state index >= 15 is 0 Å². The lowest BCUT2D eigenvalue weighted by molar-refractivity contribution is 0.627. The van der Waals surface area contributed by atoms with Gasteiger partial charge in [0.1, 0.15) is 5.82 Å². The molecule has 3 rings (SSSR count). The van der Waals surface area contributed by atoms with Crippen LogP contribution in [-0.2, 0) is 12.2 Å². The van der Waals surface area contributed by atoms with Gasteiger partial charge in [0.25, 0.3) is 0 Å². The number of aryl methyl sites for hydroxylation is 1. The van der Waals surface area contributed by atoms with E-state index in [1.54, 1.807) is 29.2 Å². The molecule has 118 valence electrons. The molecule has 0 bridgehead atoms. The summed E-state index contributed by atoms with van der Waals surface area (Å²) in [5.41, 5.74) is 3.25. The molecule has 0 spiro atoms. The summed E-state index contributed by atoms with van der Waals surface area (Å²) in [6.45, 7) is 2.12. The van der Waals surface area contributed by atoms with E-state index < -0.39 is 0 Å². The molecule has 3 aromatic rings. The number of hydrogen-bond acceptors (Lipinski definition) is 3. The van der Waals surface area contributed by atoms with Crippen molar-refractivity contribution in [3.8, 4) is 0 Å². The fourth-order valence-corrected chi connectivity index (χ4v) is 4.27. The van der Waals surface area contributed by atoms with Crippen molar-refractivity contribution in [2.75, 3.05) is 0 Å². The molecule has 0 atom stereocenters. The molecule has 0 fully saturated rings. The Labute approximate surface area is 148 Å². The van der Waals surface area contributed by atoms with Crippen LogP contribution in [-0.4, -0.2) is 4.98 Å². The SMILES string of the molecule is Cc1ccccc1SCc1csc(Cc2ccc(F)cc2Cl)n1. The summed E-state index contributed by atoms with van der Waals surface area (Å²) < 4.78 is 13.1.